The average molecular weight is 328 g/mol. The second kappa shape index (κ2) is 7.80. The maximum atomic E-state index is 10.4. The van der Waals surface area contributed by atoms with E-state index >= 15 is 0 Å². The molecular formula is C16H27BClNO3. The van der Waals surface area contributed by atoms with Crippen LogP contribution in [0.25, 0.3) is 0 Å². The molecule has 0 aromatic heterocycles. The van der Waals surface area contributed by atoms with E-state index in [1.807, 2.05) is 6.07 Å². The molecule has 22 heavy (non-hydrogen) atoms. The van der Waals surface area contributed by atoms with Crippen molar-refractivity contribution < 1.29 is 14.8 Å². The lowest BCUT2D eigenvalue weighted by atomic mass is 9.74. The third-order valence-electron chi connectivity index (χ3n) is 3.99. The van der Waals surface area contributed by atoms with Crippen molar-refractivity contribution in [2.75, 3.05) is 6.54 Å². The zero-order chi connectivity index (χ0) is 17.0. The molecule has 3 N–H and O–H groups in total. The number of rotatable bonds is 8. The van der Waals surface area contributed by atoms with Crippen molar-refractivity contribution in [3.8, 4) is 0 Å². The Kier molecular flexibility index (Phi) is 6.90. The summed E-state index contributed by atoms with van der Waals surface area (Å²) < 4.78 is 5.71. The third kappa shape index (κ3) is 5.25. The molecule has 0 radical (unpaired) electrons. The molecule has 0 saturated carbocycles. The molecule has 0 atom stereocenters. The van der Waals surface area contributed by atoms with Gasteiger partial charge in [0.1, 0.15) is 0 Å². The van der Waals surface area contributed by atoms with E-state index < -0.39 is 18.3 Å². The molecule has 1 aromatic rings. The molecule has 1 aromatic carbocycles. The quantitative estimate of drug-likeness (QED) is 0.505. The minimum Gasteiger partial charge on any atom is -0.423 e. The summed E-state index contributed by atoms with van der Waals surface area (Å²) in [7, 11) is -1.13. The molecule has 0 fully saturated rings. The summed E-state index contributed by atoms with van der Waals surface area (Å²) in [6.45, 7) is 10.4. The van der Waals surface area contributed by atoms with Gasteiger partial charge in [0.15, 0.2) is 0 Å². The number of hydrogen-bond acceptors (Lipinski definition) is 4. The Labute approximate surface area is 139 Å². The highest BCUT2D eigenvalue weighted by molar-refractivity contribution is 6.60. The lowest BCUT2D eigenvalue weighted by Gasteiger charge is -2.38. The number of benzene rings is 1. The number of nitrogens with one attached hydrogen (secondary N) is 1. The predicted molar refractivity (Wildman–Crippen MR) is 92.5 cm³/mol. The van der Waals surface area contributed by atoms with Gasteiger partial charge in [0.05, 0.1) is 11.2 Å². The van der Waals surface area contributed by atoms with E-state index in [1.165, 1.54) is 0 Å². The fourth-order valence-electron chi connectivity index (χ4n) is 1.85. The highest BCUT2D eigenvalue weighted by Crippen LogP contribution is 2.25. The van der Waals surface area contributed by atoms with Crippen LogP contribution in [0.5, 0.6) is 0 Å². The second-order valence-electron chi connectivity index (χ2n) is 6.56. The van der Waals surface area contributed by atoms with Gasteiger partial charge in [-0.05, 0) is 63.8 Å². The minimum absolute atomic E-state index is 0.604. The van der Waals surface area contributed by atoms with Crippen LogP contribution in [0.2, 0.25) is 5.02 Å². The van der Waals surface area contributed by atoms with Crippen LogP contribution in [0, 0.1) is 0 Å². The van der Waals surface area contributed by atoms with Gasteiger partial charge in [0, 0.05) is 11.6 Å². The van der Waals surface area contributed by atoms with E-state index in [1.54, 1.807) is 39.8 Å². The molecule has 0 unspecified atom stereocenters. The van der Waals surface area contributed by atoms with Crippen molar-refractivity contribution in [2.45, 2.75) is 58.8 Å². The molecule has 0 aliphatic carbocycles. The molecule has 0 bridgehead atoms. The van der Waals surface area contributed by atoms with Crippen LogP contribution in [0.4, 0.5) is 0 Å². The molecule has 4 nitrogen and oxygen atoms in total. The largest absolute Gasteiger partial charge is 0.491 e. The second-order valence-corrected chi connectivity index (χ2v) is 7.00. The molecular weight excluding hydrogens is 300 g/mol. The van der Waals surface area contributed by atoms with Gasteiger partial charge in [-0.15, -0.1) is 0 Å². The first kappa shape index (κ1) is 19.5. The summed E-state index contributed by atoms with van der Waals surface area (Å²) in [5, 5.41) is 24.5. The van der Waals surface area contributed by atoms with Gasteiger partial charge in [-0.25, -0.2) is 0 Å². The molecule has 0 saturated heterocycles. The highest BCUT2D eigenvalue weighted by atomic mass is 35.5. The van der Waals surface area contributed by atoms with Gasteiger partial charge >= 0.3 is 7.12 Å². The summed E-state index contributed by atoms with van der Waals surface area (Å²) in [6, 6.07) is 5.31. The van der Waals surface area contributed by atoms with Gasteiger partial charge in [-0.2, -0.15) is 0 Å². The first-order chi connectivity index (χ1) is 10.1. The van der Waals surface area contributed by atoms with Crippen molar-refractivity contribution in [2.24, 2.45) is 0 Å². The van der Waals surface area contributed by atoms with E-state index in [2.05, 4.69) is 12.2 Å². The van der Waals surface area contributed by atoms with Crippen LogP contribution >= 0.6 is 11.6 Å². The van der Waals surface area contributed by atoms with Gasteiger partial charge in [0.25, 0.3) is 0 Å². The summed E-state index contributed by atoms with van der Waals surface area (Å²) >= 11 is 6.05. The fourth-order valence-corrected chi connectivity index (χ4v) is 2.05. The summed E-state index contributed by atoms with van der Waals surface area (Å²) in [5.41, 5.74) is -0.438. The zero-order valence-electron chi connectivity index (χ0n) is 14.1. The molecule has 124 valence electrons. The zero-order valence-corrected chi connectivity index (χ0v) is 14.9. The van der Waals surface area contributed by atoms with E-state index in [0.29, 0.717) is 17.0 Å². The fraction of sp³-hybridized carbons (Fsp3) is 0.625. The monoisotopic (exact) mass is 327 g/mol. The van der Waals surface area contributed by atoms with Crippen molar-refractivity contribution in [1.29, 1.82) is 0 Å². The van der Waals surface area contributed by atoms with E-state index in [0.717, 1.165) is 18.5 Å². The van der Waals surface area contributed by atoms with E-state index in [-0.39, 0.29) is 0 Å². The van der Waals surface area contributed by atoms with Crippen LogP contribution in [0.15, 0.2) is 18.2 Å². The SMILES string of the molecule is CCCNCc1cc(Cl)ccc1B(O)OC(C)(C)C(C)(C)O. The summed E-state index contributed by atoms with van der Waals surface area (Å²) in [5.74, 6) is 0. The van der Waals surface area contributed by atoms with Crippen molar-refractivity contribution in [3.63, 3.8) is 0 Å². The van der Waals surface area contributed by atoms with Crippen LogP contribution in [-0.4, -0.2) is 35.0 Å². The molecule has 0 aliphatic rings. The Morgan fingerprint density at radius 1 is 1.27 bits per heavy atom. The lowest BCUT2D eigenvalue weighted by Crippen LogP contribution is -2.53. The van der Waals surface area contributed by atoms with E-state index in [9.17, 15) is 10.1 Å². The summed E-state index contributed by atoms with van der Waals surface area (Å²) in [4.78, 5) is 0. The molecule has 0 heterocycles. The average Bonchev–Trinajstić information content (AvgIpc) is 2.37. The standard InChI is InChI=1S/C16H27BClNO3/c1-6-9-19-11-12-10-13(18)7-8-14(12)17(21)22-16(4,5)15(2,3)20/h7-8,10,19-21H,6,9,11H2,1-5H3. The van der Waals surface area contributed by atoms with Crippen molar-refractivity contribution >= 4 is 24.2 Å². The highest BCUT2D eigenvalue weighted by Gasteiger charge is 2.39. The van der Waals surface area contributed by atoms with Crippen LogP contribution in [-0.2, 0) is 11.2 Å². The molecule has 0 aliphatic heterocycles. The van der Waals surface area contributed by atoms with Crippen molar-refractivity contribution in [1.82, 2.24) is 5.32 Å². The number of aliphatic hydroxyl groups is 1. The van der Waals surface area contributed by atoms with Crippen LogP contribution < -0.4 is 10.8 Å². The normalized spacial score (nSPS) is 12.5. The predicted octanol–water partition coefficient (Wildman–Crippen LogP) is 2.09. The van der Waals surface area contributed by atoms with Gasteiger partial charge in [-0.3, -0.25) is 0 Å². The van der Waals surface area contributed by atoms with Crippen LogP contribution in [0.3, 0.4) is 0 Å². The Bertz CT molecular complexity index is 489. The van der Waals surface area contributed by atoms with Gasteiger partial charge in [0.2, 0.25) is 0 Å². The Balaban J connectivity index is 2.95. The number of halogens is 1. The third-order valence-corrected chi connectivity index (χ3v) is 4.23. The van der Waals surface area contributed by atoms with Crippen LogP contribution in [0.1, 0.15) is 46.6 Å². The van der Waals surface area contributed by atoms with E-state index in [4.69, 9.17) is 16.3 Å². The van der Waals surface area contributed by atoms with Gasteiger partial charge in [-0.1, -0.05) is 24.6 Å². The molecule has 6 heteroatoms. The lowest BCUT2D eigenvalue weighted by molar-refractivity contribution is -0.0982. The Morgan fingerprint density at radius 3 is 2.45 bits per heavy atom. The minimum atomic E-state index is -1.13. The number of hydrogen-bond donors (Lipinski definition) is 3. The maximum absolute atomic E-state index is 10.4. The van der Waals surface area contributed by atoms with Crippen molar-refractivity contribution in [3.05, 3.63) is 28.8 Å². The molecule has 1 rings (SSSR count). The maximum Gasteiger partial charge on any atom is 0.491 e. The topological polar surface area (TPSA) is 61.7 Å². The Morgan fingerprint density at radius 2 is 1.91 bits per heavy atom. The first-order valence-corrected chi connectivity index (χ1v) is 8.03. The van der Waals surface area contributed by atoms with Gasteiger partial charge < -0.3 is 20.1 Å². The summed E-state index contributed by atoms with van der Waals surface area (Å²) in [6.07, 6.45) is 1.03. The molecule has 0 spiro atoms. The molecule has 0 amide bonds. The Hall–Kier alpha value is -0.585. The smallest absolute Gasteiger partial charge is 0.423 e. The first-order valence-electron chi connectivity index (χ1n) is 7.66.